The summed E-state index contributed by atoms with van der Waals surface area (Å²) in [5.74, 6) is 2.78. The molecule has 0 radical (unpaired) electrons. The number of Topliss-reactive ketones (excluding diaryl/α,β-unsaturated/α-hetero) is 1. The fraction of sp³-hybridized carbons (Fsp3) is 0.692. The number of ketones is 1. The molecule has 1 aromatic carbocycles. The number of carbonyl (C=O) groups excluding carboxylic acids is 1. The second-order valence-corrected chi connectivity index (χ2v) is 10.1. The molecule has 8 heteroatoms. The average molecular weight is 482 g/mol. The SMILES string of the molecule is CC(=O)C1CCC1[C@@H](C)COC1CCC(CCc2nc3ccc(OCC(F)(F)F)cc3o2)CC1. The molecule has 34 heavy (non-hydrogen) atoms. The number of rotatable bonds is 10. The van der Waals surface area contributed by atoms with E-state index in [2.05, 4.69) is 11.9 Å². The molecule has 0 aliphatic heterocycles. The first-order valence-electron chi connectivity index (χ1n) is 12.4. The molecule has 2 fully saturated rings. The van der Waals surface area contributed by atoms with Crippen molar-refractivity contribution in [2.24, 2.45) is 23.7 Å². The molecule has 1 heterocycles. The molecule has 4 rings (SSSR count). The number of alkyl halides is 3. The molecule has 3 atom stereocenters. The van der Waals surface area contributed by atoms with Crippen molar-refractivity contribution in [3.8, 4) is 5.75 Å². The van der Waals surface area contributed by atoms with Gasteiger partial charge in [0, 0.05) is 25.0 Å². The summed E-state index contributed by atoms with van der Waals surface area (Å²) in [6.45, 7) is 3.32. The maximum Gasteiger partial charge on any atom is 0.422 e. The van der Waals surface area contributed by atoms with Gasteiger partial charge in [0.05, 0.1) is 6.10 Å². The van der Waals surface area contributed by atoms with Crippen LogP contribution in [-0.4, -0.2) is 36.3 Å². The summed E-state index contributed by atoms with van der Waals surface area (Å²) in [5.41, 5.74) is 1.07. The van der Waals surface area contributed by atoms with Crippen LogP contribution in [0.5, 0.6) is 5.75 Å². The summed E-state index contributed by atoms with van der Waals surface area (Å²) in [4.78, 5) is 16.1. The van der Waals surface area contributed by atoms with Gasteiger partial charge in [-0.1, -0.05) is 6.92 Å². The molecule has 2 aromatic rings. The Morgan fingerprint density at radius 3 is 2.59 bits per heavy atom. The fourth-order valence-electron chi connectivity index (χ4n) is 5.35. The number of aromatic nitrogens is 1. The third-order valence-corrected chi connectivity index (χ3v) is 7.54. The van der Waals surface area contributed by atoms with E-state index in [1.165, 1.54) is 12.1 Å². The van der Waals surface area contributed by atoms with Crippen molar-refractivity contribution < 1.29 is 31.9 Å². The Bertz CT molecular complexity index is 965. The summed E-state index contributed by atoms with van der Waals surface area (Å²) in [5, 5.41) is 0. The molecule has 188 valence electrons. The van der Waals surface area contributed by atoms with Crippen LogP contribution in [0.25, 0.3) is 11.1 Å². The third kappa shape index (κ3) is 6.52. The van der Waals surface area contributed by atoms with Crippen LogP contribution in [0, 0.1) is 23.7 Å². The van der Waals surface area contributed by atoms with Crippen molar-refractivity contribution >= 4 is 16.9 Å². The fourth-order valence-corrected chi connectivity index (χ4v) is 5.35. The Morgan fingerprint density at radius 1 is 1.18 bits per heavy atom. The van der Waals surface area contributed by atoms with Crippen molar-refractivity contribution in [2.45, 2.75) is 77.5 Å². The highest BCUT2D eigenvalue weighted by Crippen LogP contribution is 2.41. The van der Waals surface area contributed by atoms with E-state index in [9.17, 15) is 18.0 Å². The number of hydrogen-bond acceptors (Lipinski definition) is 5. The lowest BCUT2D eigenvalue weighted by molar-refractivity contribution is -0.153. The first kappa shape index (κ1) is 25.0. The summed E-state index contributed by atoms with van der Waals surface area (Å²) in [6, 6.07) is 4.57. The Kier molecular flexibility index (Phi) is 7.85. The predicted molar refractivity (Wildman–Crippen MR) is 122 cm³/mol. The van der Waals surface area contributed by atoms with Crippen molar-refractivity contribution in [2.75, 3.05) is 13.2 Å². The van der Waals surface area contributed by atoms with Crippen molar-refractivity contribution in [3.05, 3.63) is 24.1 Å². The van der Waals surface area contributed by atoms with E-state index in [1.54, 1.807) is 13.0 Å². The van der Waals surface area contributed by atoms with Gasteiger partial charge in [0.2, 0.25) is 0 Å². The zero-order chi connectivity index (χ0) is 24.3. The number of fused-ring (bicyclic) bond motifs is 1. The van der Waals surface area contributed by atoms with Crippen LogP contribution in [0.3, 0.4) is 0 Å². The Balaban J connectivity index is 1.18. The van der Waals surface area contributed by atoms with Gasteiger partial charge in [-0.3, -0.25) is 4.79 Å². The van der Waals surface area contributed by atoms with Gasteiger partial charge in [-0.2, -0.15) is 13.2 Å². The predicted octanol–water partition coefficient (Wildman–Crippen LogP) is 6.53. The lowest BCUT2D eigenvalue weighted by Crippen LogP contribution is -2.38. The number of halogens is 3. The molecule has 0 amide bonds. The highest BCUT2D eigenvalue weighted by molar-refractivity contribution is 5.79. The van der Waals surface area contributed by atoms with E-state index in [0.29, 0.717) is 53.1 Å². The lowest BCUT2D eigenvalue weighted by Gasteiger charge is -2.39. The quantitative estimate of drug-likeness (QED) is 0.386. The van der Waals surface area contributed by atoms with Crippen LogP contribution in [0.4, 0.5) is 13.2 Å². The van der Waals surface area contributed by atoms with Crippen molar-refractivity contribution in [1.29, 1.82) is 0 Å². The number of carbonyl (C=O) groups is 1. The van der Waals surface area contributed by atoms with Gasteiger partial charge in [-0.15, -0.1) is 0 Å². The maximum atomic E-state index is 12.3. The molecule has 5 nitrogen and oxygen atoms in total. The van der Waals surface area contributed by atoms with Gasteiger partial charge >= 0.3 is 6.18 Å². The minimum Gasteiger partial charge on any atom is -0.484 e. The third-order valence-electron chi connectivity index (χ3n) is 7.54. The van der Waals surface area contributed by atoms with E-state index in [-0.39, 0.29) is 11.7 Å². The molecule has 2 unspecified atom stereocenters. The largest absolute Gasteiger partial charge is 0.484 e. The van der Waals surface area contributed by atoms with E-state index >= 15 is 0 Å². The van der Waals surface area contributed by atoms with Crippen LogP contribution in [0.15, 0.2) is 22.6 Å². The second-order valence-electron chi connectivity index (χ2n) is 10.1. The summed E-state index contributed by atoms with van der Waals surface area (Å²) in [7, 11) is 0. The molecule has 0 N–H and O–H groups in total. The number of oxazole rings is 1. The van der Waals surface area contributed by atoms with Gasteiger partial charge in [0.25, 0.3) is 0 Å². The average Bonchev–Trinajstić information content (AvgIpc) is 3.16. The zero-order valence-corrected chi connectivity index (χ0v) is 19.9. The number of aryl methyl sites for hydroxylation is 1. The summed E-state index contributed by atoms with van der Waals surface area (Å²) >= 11 is 0. The molecular weight excluding hydrogens is 447 g/mol. The minimum atomic E-state index is -4.38. The summed E-state index contributed by atoms with van der Waals surface area (Å²) < 4.78 is 53.8. The molecule has 2 saturated carbocycles. The van der Waals surface area contributed by atoms with E-state index in [0.717, 1.165) is 51.6 Å². The molecular formula is C26H34F3NO4. The molecule has 1 aromatic heterocycles. The lowest BCUT2D eigenvalue weighted by atomic mass is 9.66. The molecule has 0 spiro atoms. The number of benzene rings is 1. The van der Waals surface area contributed by atoms with Crippen LogP contribution in [-0.2, 0) is 16.0 Å². The smallest absolute Gasteiger partial charge is 0.422 e. The Morgan fingerprint density at radius 2 is 1.94 bits per heavy atom. The molecule has 0 bridgehead atoms. The van der Waals surface area contributed by atoms with E-state index in [4.69, 9.17) is 13.9 Å². The van der Waals surface area contributed by atoms with Crippen LogP contribution >= 0.6 is 0 Å². The number of hydrogen-bond donors (Lipinski definition) is 0. The van der Waals surface area contributed by atoms with Gasteiger partial charge in [0.15, 0.2) is 18.1 Å². The molecule has 2 aliphatic rings. The second kappa shape index (κ2) is 10.7. The molecule has 2 aliphatic carbocycles. The van der Waals surface area contributed by atoms with E-state index in [1.807, 2.05) is 0 Å². The summed E-state index contributed by atoms with van der Waals surface area (Å²) in [6.07, 6.45) is 4.07. The Labute approximate surface area is 198 Å². The van der Waals surface area contributed by atoms with Crippen LogP contribution in [0.1, 0.15) is 64.7 Å². The van der Waals surface area contributed by atoms with Gasteiger partial charge in [-0.25, -0.2) is 4.98 Å². The topological polar surface area (TPSA) is 61.6 Å². The highest BCUT2D eigenvalue weighted by atomic mass is 19.4. The number of nitrogens with zero attached hydrogens (tertiary/aromatic N) is 1. The standard InChI is InChI=1S/C26H34F3NO4/c1-16(21-9-10-22(21)17(2)31)14-32-19-6-3-18(4-7-19)5-12-25-30-23-11-8-20(13-24(23)34-25)33-15-26(27,28)29/h8,11,13,16,18-19,21-22H,3-7,9-10,12,14-15H2,1-2H3/t16-,18?,19?,21?,22?/m0/s1. The first-order chi connectivity index (χ1) is 16.2. The first-order valence-corrected chi connectivity index (χ1v) is 12.4. The van der Waals surface area contributed by atoms with Gasteiger partial charge in [-0.05, 0) is 81.8 Å². The van der Waals surface area contributed by atoms with Gasteiger partial charge in [0.1, 0.15) is 17.0 Å². The Hall–Kier alpha value is -2.09. The zero-order valence-electron chi connectivity index (χ0n) is 19.9. The van der Waals surface area contributed by atoms with E-state index < -0.39 is 12.8 Å². The van der Waals surface area contributed by atoms with Crippen molar-refractivity contribution in [1.82, 2.24) is 4.98 Å². The molecule has 0 saturated heterocycles. The normalized spacial score (nSPS) is 26.3. The highest BCUT2D eigenvalue weighted by Gasteiger charge is 2.38. The van der Waals surface area contributed by atoms with Crippen molar-refractivity contribution in [3.63, 3.8) is 0 Å². The van der Waals surface area contributed by atoms with Gasteiger partial charge < -0.3 is 13.9 Å². The minimum absolute atomic E-state index is 0.120. The number of ether oxygens (including phenoxy) is 2. The monoisotopic (exact) mass is 481 g/mol. The van der Waals surface area contributed by atoms with Crippen LogP contribution < -0.4 is 4.74 Å². The van der Waals surface area contributed by atoms with Crippen LogP contribution in [0.2, 0.25) is 0 Å². The maximum absolute atomic E-state index is 12.3.